The fourth-order valence-electron chi connectivity index (χ4n) is 1.74. The molecule has 0 unspecified atom stereocenters. The number of sulfonamides is 1. The van der Waals surface area contributed by atoms with Gasteiger partial charge < -0.3 is 10.3 Å². The molecule has 0 saturated carbocycles. The van der Waals surface area contributed by atoms with Crippen molar-refractivity contribution in [2.75, 3.05) is 13.1 Å². The molecule has 0 aliphatic heterocycles. The monoisotopic (exact) mass is 314 g/mol. The number of rotatable bonds is 8. The van der Waals surface area contributed by atoms with Gasteiger partial charge >= 0.3 is 0 Å². The Morgan fingerprint density at radius 1 is 1.40 bits per heavy atom. The summed E-state index contributed by atoms with van der Waals surface area (Å²) in [5, 5.41) is 0. The minimum atomic E-state index is -3.40. The van der Waals surface area contributed by atoms with Crippen LogP contribution < -0.4 is 10.5 Å². The van der Waals surface area contributed by atoms with Gasteiger partial charge in [-0.05, 0) is 31.5 Å². The van der Waals surface area contributed by atoms with E-state index in [9.17, 15) is 8.42 Å². The van der Waals surface area contributed by atoms with Crippen molar-refractivity contribution in [3.63, 3.8) is 0 Å². The lowest BCUT2D eigenvalue weighted by Gasteiger charge is -2.05. The second-order valence-electron chi connectivity index (χ2n) is 4.31. The van der Waals surface area contributed by atoms with Gasteiger partial charge in [0.15, 0.2) is 0 Å². The number of imidazole rings is 1. The molecule has 110 valence electrons. The summed E-state index contributed by atoms with van der Waals surface area (Å²) in [4.78, 5) is 4.93. The third-order valence-corrected chi connectivity index (χ3v) is 5.83. The van der Waals surface area contributed by atoms with Crippen molar-refractivity contribution in [2.45, 2.75) is 23.6 Å². The highest BCUT2D eigenvalue weighted by Crippen LogP contribution is 2.21. The van der Waals surface area contributed by atoms with Gasteiger partial charge in [0.25, 0.3) is 0 Å². The smallest absolute Gasteiger partial charge is 0.250 e. The minimum absolute atomic E-state index is 0.351. The topological polar surface area (TPSA) is 90.0 Å². The molecular weight excluding hydrogens is 296 g/mol. The van der Waals surface area contributed by atoms with E-state index in [4.69, 9.17) is 5.73 Å². The number of aromatic nitrogens is 2. The predicted molar refractivity (Wildman–Crippen MR) is 79.1 cm³/mol. The molecule has 0 aliphatic carbocycles. The predicted octanol–water partition coefficient (Wildman–Crippen LogP) is 0.814. The third kappa shape index (κ3) is 4.14. The van der Waals surface area contributed by atoms with Crippen molar-refractivity contribution in [1.82, 2.24) is 14.3 Å². The average molecular weight is 314 g/mol. The molecular formula is C12H18N4O2S2. The van der Waals surface area contributed by atoms with Gasteiger partial charge in [0.1, 0.15) is 4.21 Å². The Balaban J connectivity index is 1.83. The molecule has 2 aromatic rings. The SMILES string of the molecule is NCCc1ccc(S(=O)(=O)NCCCn2ccnc2)s1. The Kier molecular flexibility index (Phi) is 5.30. The highest BCUT2D eigenvalue weighted by molar-refractivity contribution is 7.91. The van der Waals surface area contributed by atoms with Gasteiger partial charge in [0.2, 0.25) is 10.0 Å². The molecule has 0 saturated heterocycles. The summed E-state index contributed by atoms with van der Waals surface area (Å²) < 4.78 is 29.0. The zero-order chi connectivity index (χ0) is 14.4. The number of thiophene rings is 1. The van der Waals surface area contributed by atoms with Gasteiger partial charge in [0, 0.05) is 30.4 Å². The second-order valence-corrected chi connectivity index (χ2v) is 7.47. The Bertz CT molecular complexity index is 620. The second kappa shape index (κ2) is 6.98. The van der Waals surface area contributed by atoms with Crippen LogP contribution in [0.1, 0.15) is 11.3 Å². The first-order chi connectivity index (χ1) is 9.62. The number of aryl methyl sites for hydroxylation is 1. The van der Waals surface area contributed by atoms with E-state index in [1.54, 1.807) is 18.6 Å². The van der Waals surface area contributed by atoms with E-state index in [0.29, 0.717) is 23.7 Å². The minimum Gasteiger partial charge on any atom is -0.337 e. The molecule has 8 heteroatoms. The lowest BCUT2D eigenvalue weighted by atomic mass is 10.3. The average Bonchev–Trinajstić information content (AvgIpc) is 3.06. The molecule has 0 fully saturated rings. The number of nitrogens with one attached hydrogen (secondary N) is 1. The standard InChI is InChI=1S/C12H18N4O2S2/c13-5-4-11-2-3-12(19-11)20(17,18)15-6-1-8-16-9-7-14-10-16/h2-3,7,9-10,15H,1,4-6,8,13H2. The lowest BCUT2D eigenvalue weighted by Crippen LogP contribution is -2.24. The molecule has 0 atom stereocenters. The summed E-state index contributed by atoms with van der Waals surface area (Å²) in [7, 11) is -3.40. The molecule has 6 nitrogen and oxygen atoms in total. The van der Waals surface area contributed by atoms with Gasteiger partial charge in [-0.25, -0.2) is 18.1 Å². The molecule has 0 amide bonds. The summed E-state index contributed by atoms with van der Waals surface area (Å²) in [6.07, 6.45) is 6.70. The number of hydrogen-bond donors (Lipinski definition) is 2. The van der Waals surface area contributed by atoms with Crippen molar-refractivity contribution in [3.05, 3.63) is 35.7 Å². The van der Waals surface area contributed by atoms with Crippen LogP contribution in [0.5, 0.6) is 0 Å². The first kappa shape index (κ1) is 15.2. The molecule has 0 aliphatic rings. The molecule has 20 heavy (non-hydrogen) atoms. The van der Waals surface area contributed by atoms with E-state index in [0.717, 1.165) is 17.8 Å². The highest BCUT2D eigenvalue weighted by Gasteiger charge is 2.15. The van der Waals surface area contributed by atoms with E-state index < -0.39 is 10.0 Å². The van der Waals surface area contributed by atoms with Gasteiger partial charge in [0.05, 0.1) is 6.33 Å². The zero-order valence-electron chi connectivity index (χ0n) is 11.0. The van der Waals surface area contributed by atoms with Crippen LogP contribution in [0, 0.1) is 0 Å². The van der Waals surface area contributed by atoms with E-state index in [1.165, 1.54) is 11.3 Å². The molecule has 2 aromatic heterocycles. The summed E-state index contributed by atoms with van der Waals surface area (Å²) in [6.45, 7) is 1.67. The molecule has 0 radical (unpaired) electrons. The molecule has 0 bridgehead atoms. The maximum atomic E-state index is 12.1. The van der Waals surface area contributed by atoms with Crippen LogP contribution >= 0.6 is 11.3 Å². The van der Waals surface area contributed by atoms with Gasteiger partial charge in [-0.3, -0.25) is 0 Å². The van der Waals surface area contributed by atoms with Crippen molar-refractivity contribution < 1.29 is 8.42 Å². The Morgan fingerprint density at radius 3 is 2.95 bits per heavy atom. The zero-order valence-corrected chi connectivity index (χ0v) is 12.7. The van der Waals surface area contributed by atoms with E-state index in [2.05, 4.69) is 9.71 Å². The summed E-state index contributed by atoms with van der Waals surface area (Å²) >= 11 is 1.27. The Hall–Kier alpha value is -1.22. The van der Waals surface area contributed by atoms with Crippen molar-refractivity contribution in [3.8, 4) is 0 Å². The van der Waals surface area contributed by atoms with Gasteiger partial charge in [-0.1, -0.05) is 0 Å². The van der Waals surface area contributed by atoms with Crippen molar-refractivity contribution in [1.29, 1.82) is 0 Å². The number of nitrogens with two attached hydrogens (primary N) is 1. The van der Waals surface area contributed by atoms with E-state index in [1.807, 2.05) is 16.8 Å². The molecule has 0 aromatic carbocycles. The fourth-order valence-corrected chi connectivity index (χ4v) is 4.23. The summed E-state index contributed by atoms with van der Waals surface area (Å²) in [5.41, 5.74) is 5.46. The Labute approximate surface area is 122 Å². The van der Waals surface area contributed by atoms with Crippen LogP contribution in [-0.4, -0.2) is 31.1 Å². The maximum Gasteiger partial charge on any atom is 0.250 e. The molecule has 3 N–H and O–H groups in total. The normalized spacial score (nSPS) is 11.8. The van der Waals surface area contributed by atoms with Crippen molar-refractivity contribution in [2.24, 2.45) is 5.73 Å². The Morgan fingerprint density at radius 2 is 2.25 bits per heavy atom. The highest BCUT2D eigenvalue weighted by atomic mass is 32.2. The van der Waals surface area contributed by atoms with E-state index >= 15 is 0 Å². The lowest BCUT2D eigenvalue weighted by molar-refractivity contribution is 0.571. The van der Waals surface area contributed by atoms with Crippen LogP contribution in [0.2, 0.25) is 0 Å². The quantitative estimate of drug-likeness (QED) is 0.706. The molecule has 0 spiro atoms. The fraction of sp³-hybridized carbons (Fsp3) is 0.417. The van der Waals surface area contributed by atoms with Crippen LogP contribution in [0.3, 0.4) is 0 Å². The first-order valence-corrected chi connectivity index (χ1v) is 8.66. The maximum absolute atomic E-state index is 12.1. The van der Waals surface area contributed by atoms with Crippen LogP contribution in [-0.2, 0) is 23.0 Å². The largest absolute Gasteiger partial charge is 0.337 e. The molecule has 2 heterocycles. The third-order valence-electron chi connectivity index (χ3n) is 2.74. The van der Waals surface area contributed by atoms with Crippen LogP contribution in [0.25, 0.3) is 0 Å². The first-order valence-electron chi connectivity index (χ1n) is 6.36. The van der Waals surface area contributed by atoms with Crippen molar-refractivity contribution >= 4 is 21.4 Å². The van der Waals surface area contributed by atoms with Crippen LogP contribution in [0.15, 0.2) is 35.1 Å². The van der Waals surface area contributed by atoms with Crippen LogP contribution in [0.4, 0.5) is 0 Å². The number of hydrogen-bond acceptors (Lipinski definition) is 5. The number of nitrogens with zero attached hydrogens (tertiary/aromatic N) is 2. The van der Waals surface area contributed by atoms with Gasteiger partial charge in [-0.15, -0.1) is 11.3 Å². The summed E-state index contributed by atoms with van der Waals surface area (Å²) in [5.74, 6) is 0. The van der Waals surface area contributed by atoms with Gasteiger partial charge in [-0.2, -0.15) is 0 Å². The van der Waals surface area contributed by atoms with E-state index in [-0.39, 0.29) is 0 Å². The molecule has 2 rings (SSSR count). The summed E-state index contributed by atoms with van der Waals surface area (Å²) in [6, 6.07) is 3.45.